The van der Waals surface area contributed by atoms with Gasteiger partial charge in [0.05, 0.1) is 5.69 Å². The molecule has 0 aliphatic carbocycles. The van der Waals surface area contributed by atoms with Gasteiger partial charge in [-0.25, -0.2) is 0 Å². The molecule has 1 amide bonds. The van der Waals surface area contributed by atoms with E-state index in [1.54, 1.807) is 6.07 Å². The zero-order valence-corrected chi connectivity index (χ0v) is 16.9. The number of quaternary nitrogens is 1. The lowest BCUT2D eigenvalue weighted by molar-refractivity contribution is -0.676. The van der Waals surface area contributed by atoms with E-state index in [-0.39, 0.29) is 23.9 Å². The number of benzene rings is 2. The van der Waals surface area contributed by atoms with Crippen LogP contribution in [0.4, 0.5) is 5.88 Å². The maximum Gasteiger partial charge on any atom is 0.281 e. The summed E-state index contributed by atoms with van der Waals surface area (Å²) in [5.41, 5.74) is 4.23. The van der Waals surface area contributed by atoms with Crippen LogP contribution in [0, 0.1) is 6.92 Å². The minimum absolute atomic E-state index is 0.0485. The molecule has 0 aliphatic heterocycles. The number of hydrogen-bond donors (Lipinski definition) is 2. The number of rotatable bonds is 6. The van der Waals surface area contributed by atoms with Crippen LogP contribution in [0.25, 0.3) is 0 Å². The third-order valence-electron chi connectivity index (χ3n) is 4.68. The van der Waals surface area contributed by atoms with Crippen molar-refractivity contribution in [3.05, 3.63) is 83.0 Å². The number of nitrogens with zero attached hydrogens (tertiary/aromatic N) is 1. The van der Waals surface area contributed by atoms with Crippen LogP contribution in [-0.4, -0.2) is 17.6 Å². The summed E-state index contributed by atoms with van der Waals surface area (Å²) in [6.07, 6.45) is 0. The van der Waals surface area contributed by atoms with Crippen molar-refractivity contribution in [2.45, 2.75) is 39.2 Å². The van der Waals surface area contributed by atoms with E-state index in [4.69, 9.17) is 4.52 Å². The Morgan fingerprint density at radius 2 is 1.71 bits per heavy atom. The number of carbonyl (C=O) groups is 1. The molecule has 0 radical (unpaired) electrons. The summed E-state index contributed by atoms with van der Waals surface area (Å²) in [6.45, 7) is 8.50. The Hall–Kier alpha value is -2.92. The van der Waals surface area contributed by atoms with E-state index in [1.165, 1.54) is 11.1 Å². The molecule has 3 rings (SSSR count). The minimum atomic E-state index is -0.123. The van der Waals surface area contributed by atoms with Crippen molar-refractivity contribution in [3.8, 4) is 0 Å². The maximum atomic E-state index is 12.5. The fourth-order valence-corrected chi connectivity index (χ4v) is 3.00. The van der Waals surface area contributed by atoms with Crippen LogP contribution in [0.5, 0.6) is 0 Å². The normalized spacial score (nSPS) is 12.6. The number of carbonyl (C=O) groups excluding carboxylic acids is 1. The molecule has 2 aromatic carbocycles. The number of anilines is 1. The highest BCUT2D eigenvalue weighted by Gasteiger charge is 2.22. The molecular formula is C23H28N3O2+. The number of nitrogens with two attached hydrogens (primary N) is 1. The van der Waals surface area contributed by atoms with Crippen LogP contribution in [-0.2, 0) is 10.2 Å². The molecule has 1 aromatic heterocycles. The number of hydrogen-bond acceptors (Lipinski definition) is 3. The van der Waals surface area contributed by atoms with Gasteiger partial charge in [-0.05, 0) is 6.92 Å². The van der Waals surface area contributed by atoms with Gasteiger partial charge in [0.2, 0.25) is 5.88 Å². The summed E-state index contributed by atoms with van der Waals surface area (Å²) in [4.78, 5) is 12.5. The first-order chi connectivity index (χ1) is 13.3. The monoisotopic (exact) mass is 378 g/mol. The smallest absolute Gasteiger partial charge is 0.281 e. The summed E-state index contributed by atoms with van der Waals surface area (Å²) in [6, 6.07) is 20.5. The average molecular weight is 378 g/mol. The molecule has 0 spiro atoms. The number of aromatic nitrogens is 1. The maximum absolute atomic E-state index is 12.5. The second-order valence-electron chi connectivity index (χ2n) is 8.11. The number of amides is 1. The largest absolute Gasteiger partial charge is 0.338 e. The molecule has 1 heterocycles. The highest BCUT2D eigenvalue weighted by Crippen LogP contribution is 2.23. The van der Waals surface area contributed by atoms with Gasteiger partial charge < -0.3 is 9.84 Å². The number of aryl methyl sites for hydroxylation is 1. The van der Waals surface area contributed by atoms with Gasteiger partial charge in [-0.3, -0.25) is 10.1 Å². The molecule has 5 heteroatoms. The van der Waals surface area contributed by atoms with Crippen LogP contribution in [0.1, 0.15) is 49.2 Å². The van der Waals surface area contributed by atoms with Gasteiger partial charge in [0.1, 0.15) is 6.04 Å². The van der Waals surface area contributed by atoms with E-state index in [0.717, 1.165) is 11.3 Å². The Morgan fingerprint density at radius 1 is 1.07 bits per heavy atom. The Bertz CT molecular complexity index is 909. The van der Waals surface area contributed by atoms with Crippen LogP contribution in [0.3, 0.4) is 0 Å². The van der Waals surface area contributed by atoms with Gasteiger partial charge in [-0.15, -0.1) is 0 Å². The fourth-order valence-electron chi connectivity index (χ4n) is 3.00. The molecule has 0 fully saturated rings. The predicted molar refractivity (Wildman–Crippen MR) is 110 cm³/mol. The van der Waals surface area contributed by atoms with E-state index in [2.05, 4.69) is 74.6 Å². The fraction of sp³-hybridized carbons (Fsp3) is 0.304. The van der Waals surface area contributed by atoms with Crippen LogP contribution in [0.2, 0.25) is 0 Å². The first-order valence-electron chi connectivity index (χ1n) is 9.55. The molecule has 0 saturated heterocycles. The summed E-state index contributed by atoms with van der Waals surface area (Å²) >= 11 is 0. The molecule has 0 aliphatic rings. The molecule has 0 saturated carbocycles. The Balaban J connectivity index is 1.69. The zero-order valence-electron chi connectivity index (χ0n) is 16.9. The van der Waals surface area contributed by atoms with Crippen molar-refractivity contribution in [1.29, 1.82) is 0 Å². The van der Waals surface area contributed by atoms with Gasteiger partial charge in [-0.2, -0.15) is 0 Å². The van der Waals surface area contributed by atoms with E-state index >= 15 is 0 Å². The molecule has 0 bridgehead atoms. The SMILES string of the molecule is Cc1ccc([C@H]([NH2+]CC(=O)Nc2cc(C(C)(C)C)no2)c2ccccc2)cc1. The van der Waals surface area contributed by atoms with Gasteiger partial charge in [0, 0.05) is 22.6 Å². The summed E-state index contributed by atoms with van der Waals surface area (Å²) in [7, 11) is 0. The van der Waals surface area contributed by atoms with E-state index < -0.39 is 0 Å². The second kappa shape index (κ2) is 8.40. The summed E-state index contributed by atoms with van der Waals surface area (Å²) < 4.78 is 5.26. The van der Waals surface area contributed by atoms with E-state index in [1.807, 2.05) is 23.5 Å². The third kappa shape index (κ3) is 5.08. The van der Waals surface area contributed by atoms with E-state index in [9.17, 15) is 4.79 Å². The minimum Gasteiger partial charge on any atom is -0.338 e. The van der Waals surface area contributed by atoms with Crippen molar-refractivity contribution in [2.75, 3.05) is 11.9 Å². The van der Waals surface area contributed by atoms with Crippen LogP contribution < -0.4 is 10.6 Å². The standard InChI is InChI=1S/C23H27N3O2/c1-16-10-12-18(13-11-16)22(17-8-6-5-7-9-17)24-15-20(27)25-21-14-19(26-28-21)23(2,3)4/h5-14,22,24H,15H2,1-4H3,(H,25,27)/p+1/t22-/m1/s1. The van der Waals surface area contributed by atoms with Crippen molar-refractivity contribution in [1.82, 2.24) is 5.16 Å². The van der Waals surface area contributed by atoms with Crippen molar-refractivity contribution >= 4 is 11.8 Å². The van der Waals surface area contributed by atoms with Gasteiger partial charge >= 0.3 is 0 Å². The molecule has 0 unspecified atom stereocenters. The Morgan fingerprint density at radius 3 is 2.32 bits per heavy atom. The molecule has 146 valence electrons. The van der Waals surface area contributed by atoms with Gasteiger partial charge in [0.25, 0.3) is 5.91 Å². The lowest BCUT2D eigenvalue weighted by Crippen LogP contribution is -2.87. The first kappa shape index (κ1) is 19.8. The van der Waals surface area contributed by atoms with Crippen molar-refractivity contribution in [2.24, 2.45) is 0 Å². The number of nitrogens with one attached hydrogen (secondary N) is 1. The van der Waals surface area contributed by atoms with Crippen LogP contribution >= 0.6 is 0 Å². The quantitative estimate of drug-likeness (QED) is 0.689. The highest BCUT2D eigenvalue weighted by atomic mass is 16.5. The van der Waals surface area contributed by atoms with Crippen molar-refractivity contribution in [3.63, 3.8) is 0 Å². The lowest BCUT2D eigenvalue weighted by atomic mass is 9.92. The van der Waals surface area contributed by atoms with Crippen molar-refractivity contribution < 1.29 is 14.6 Å². The van der Waals surface area contributed by atoms with Gasteiger partial charge in [0.15, 0.2) is 6.54 Å². The summed E-state index contributed by atoms with van der Waals surface area (Å²) in [5.74, 6) is 0.263. The Labute approximate surface area is 166 Å². The third-order valence-corrected chi connectivity index (χ3v) is 4.68. The molecule has 3 N–H and O–H groups in total. The predicted octanol–water partition coefficient (Wildman–Crippen LogP) is 3.57. The second-order valence-corrected chi connectivity index (χ2v) is 8.11. The molecule has 3 aromatic rings. The van der Waals surface area contributed by atoms with E-state index in [0.29, 0.717) is 5.88 Å². The first-order valence-corrected chi connectivity index (χ1v) is 9.55. The van der Waals surface area contributed by atoms with Crippen LogP contribution in [0.15, 0.2) is 65.2 Å². The molecular weight excluding hydrogens is 350 g/mol. The average Bonchev–Trinajstić information content (AvgIpc) is 3.13. The topological polar surface area (TPSA) is 71.7 Å². The Kier molecular flexibility index (Phi) is 5.95. The lowest BCUT2D eigenvalue weighted by Gasteiger charge is -2.16. The molecule has 1 atom stereocenters. The zero-order chi connectivity index (χ0) is 20.1. The molecule has 5 nitrogen and oxygen atoms in total. The summed E-state index contributed by atoms with van der Waals surface area (Å²) in [5, 5.41) is 8.88. The molecule has 28 heavy (non-hydrogen) atoms. The highest BCUT2D eigenvalue weighted by molar-refractivity contribution is 5.90. The van der Waals surface area contributed by atoms with Gasteiger partial charge in [-0.1, -0.05) is 86.1 Å².